The molecule has 0 saturated carbocycles. The van der Waals surface area contributed by atoms with Gasteiger partial charge < -0.3 is 0 Å². The Kier molecular flexibility index (Phi) is 1.43. The first-order valence-corrected chi connectivity index (χ1v) is 3.64. The van der Waals surface area contributed by atoms with Gasteiger partial charge in [0.05, 0.1) is 0 Å². The van der Waals surface area contributed by atoms with E-state index in [1.807, 2.05) is 11.8 Å². The predicted molar refractivity (Wildman–Crippen MR) is 35.4 cm³/mol. The second-order valence-electron chi connectivity index (χ2n) is 2.10. The number of hydrogen-bond acceptors (Lipinski definition) is 1. The van der Waals surface area contributed by atoms with Crippen LogP contribution >= 0.6 is 11.8 Å². The first-order chi connectivity index (χ1) is 3.30. The van der Waals surface area contributed by atoms with E-state index in [2.05, 4.69) is 19.3 Å². The number of hydrogen-bond donors (Lipinski definition) is 0. The molecule has 1 atom stereocenters. The quantitative estimate of drug-likeness (QED) is 0.465. The van der Waals surface area contributed by atoms with E-state index in [-0.39, 0.29) is 0 Å². The molecule has 1 heteroatoms. The Morgan fingerprint density at radius 2 is 2.57 bits per heavy atom. The average molecular weight is 114 g/mol. The van der Waals surface area contributed by atoms with Gasteiger partial charge in [-0.2, -0.15) is 0 Å². The molecule has 0 aromatic carbocycles. The molecule has 0 N–H and O–H groups in total. The zero-order chi connectivity index (χ0) is 5.28. The van der Waals surface area contributed by atoms with Gasteiger partial charge in [0.15, 0.2) is 0 Å². The van der Waals surface area contributed by atoms with Crippen molar-refractivity contribution in [3.8, 4) is 0 Å². The second kappa shape index (κ2) is 1.91. The van der Waals surface area contributed by atoms with Gasteiger partial charge in [-0.15, -0.1) is 11.8 Å². The minimum Gasteiger partial charge on any atom is -0.134 e. The van der Waals surface area contributed by atoms with E-state index in [1.54, 1.807) is 5.57 Å². The van der Waals surface area contributed by atoms with Gasteiger partial charge in [0.1, 0.15) is 0 Å². The number of allylic oxidation sites excluding steroid dienone is 1. The summed E-state index contributed by atoms with van der Waals surface area (Å²) in [7, 11) is 0. The SMILES string of the molecule is CC1=CSC[C@@H]1C. The molecule has 0 radical (unpaired) electrons. The van der Waals surface area contributed by atoms with E-state index in [0.717, 1.165) is 5.92 Å². The zero-order valence-corrected chi connectivity index (χ0v) is 5.59. The van der Waals surface area contributed by atoms with Crippen LogP contribution in [0, 0.1) is 5.92 Å². The van der Waals surface area contributed by atoms with E-state index in [1.165, 1.54) is 5.75 Å². The lowest BCUT2D eigenvalue weighted by molar-refractivity contribution is 0.798. The van der Waals surface area contributed by atoms with Crippen LogP contribution in [0.4, 0.5) is 0 Å². The first-order valence-electron chi connectivity index (χ1n) is 2.59. The topological polar surface area (TPSA) is 0 Å². The van der Waals surface area contributed by atoms with Crippen molar-refractivity contribution < 1.29 is 0 Å². The Morgan fingerprint density at radius 1 is 1.86 bits per heavy atom. The highest BCUT2D eigenvalue weighted by molar-refractivity contribution is 8.02. The van der Waals surface area contributed by atoms with Crippen LogP contribution in [0.2, 0.25) is 0 Å². The van der Waals surface area contributed by atoms with Crippen LogP contribution in [0.3, 0.4) is 0 Å². The molecule has 0 nitrogen and oxygen atoms in total. The van der Waals surface area contributed by atoms with Gasteiger partial charge in [-0.3, -0.25) is 0 Å². The first kappa shape index (κ1) is 5.23. The molecule has 0 amide bonds. The third kappa shape index (κ3) is 1.00. The van der Waals surface area contributed by atoms with Crippen LogP contribution in [-0.2, 0) is 0 Å². The fourth-order valence-electron chi connectivity index (χ4n) is 0.571. The van der Waals surface area contributed by atoms with Crippen molar-refractivity contribution in [3.63, 3.8) is 0 Å². The molecule has 0 fully saturated rings. The smallest absolute Gasteiger partial charge is 0.00373 e. The average Bonchev–Trinajstić information content (AvgIpc) is 1.91. The Hall–Kier alpha value is 0.0900. The summed E-state index contributed by atoms with van der Waals surface area (Å²) >= 11 is 1.93. The highest BCUT2D eigenvalue weighted by Gasteiger charge is 2.08. The fourth-order valence-corrected chi connectivity index (χ4v) is 1.71. The van der Waals surface area contributed by atoms with E-state index in [0.29, 0.717) is 0 Å². The van der Waals surface area contributed by atoms with Crippen molar-refractivity contribution in [2.45, 2.75) is 13.8 Å². The Morgan fingerprint density at radius 3 is 2.71 bits per heavy atom. The summed E-state index contributed by atoms with van der Waals surface area (Å²) in [4.78, 5) is 0. The standard InChI is InChI=1S/C6H10S/c1-5-3-7-4-6(5)2/h3,6H,4H2,1-2H3/t6-/m0/s1. The lowest BCUT2D eigenvalue weighted by atomic mass is 10.1. The van der Waals surface area contributed by atoms with Crippen molar-refractivity contribution in [2.75, 3.05) is 5.75 Å². The summed E-state index contributed by atoms with van der Waals surface area (Å²) in [5, 5.41) is 2.25. The maximum absolute atomic E-state index is 2.27. The van der Waals surface area contributed by atoms with E-state index in [9.17, 15) is 0 Å². The second-order valence-corrected chi connectivity index (χ2v) is 3.00. The number of thioether (sulfide) groups is 1. The Bertz CT molecular complexity index is 94.4. The van der Waals surface area contributed by atoms with Crippen LogP contribution in [-0.4, -0.2) is 5.75 Å². The third-order valence-electron chi connectivity index (χ3n) is 1.39. The summed E-state index contributed by atoms with van der Waals surface area (Å²) in [6, 6.07) is 0. The third-order valence-corrected chi connectivity index (χ3v) is 2.62. The van der Waals surface area contributed by atoms with Gasteiger partial charge in [-0.25, -0.2) is 0 Å². The van der Waals surface area contributed by atoms with E-state index < -0.39 is 0 Å². The molecule has 40 valence electrons. The van der Waals surface area contributed by atoms with E-state index >= 15 is 0 Å². The van der Waals surface area contributed by atoms with Gasteiger partial charge in [-0.05, 0) is 18.2 Å². The summed E-state index contributed by atoms with van der Waals surface area (Å²) < 4.78 is 0. The highest BCUT2D eigenvalue weighted by Crippen LogP contribution is 2.26. The molecule has 0 saturated heterocycles. The number of rotatable bonds is 0. The molecule has 1 heterocycles. The van der Waals surface area contributed by atoms with Gasteiger partial charge >= 0.3 is 0 Å². The van der Waals surface area contributed by atoms with Crippen molar-refractivity contribution in [1.29, 1.82) is 0 Å². The zero-order valence-electron chi connectivity index (χ0n) is 4.77. The minimum absolute atomic E-state index is 0.838. The molecule has 1 aliphatic heterocycles. The monoisotopic (exact) mass is 114 g/mol. The fraction of sp³-hybridized carbons (Fsp3) is 0.667. The molecule has 0 bridgehead atoms. The molecule has 0 spiro atoms. The molecule has 0 aromatic heterocycles. The largest absolute Gasteiger partial charge is 0.134 e. The van der Waals surface area contributed by atoms with Crippen molar-refractivity contribution in [2.24, 2.45) is 5.92 Å². The lowest BCUT2D eigenvalue weighted by Gasteiger charge is -1.97. The van der Waals surface area contributed by atoms with Crippen LogP contribution in [0.15, 0.2) is 11.0 Å². The van der Waals surface area contributed by atoms with Crippen LogP contribution in [0.25, 0.3) is 0 Å². The lowest BCUT2D eigenvalue weighted by Crippen LogP contribution is -1.90. The molecule has 0 aromatic rings. The summed E-state index contributed by atoms with van der Waals surface area (Å²) in [5.41, 5.74) is 1.55. The summed E-state index contributed by atoms with van der Waals surface area (Å²) in [6.45, 7) is 4.47. The molecule has 1 rings (SSSR count). The molecular formula is C6H10S. The molecule has 0 aliphatic carbocycles. The maximum atomic E-state index is 2.27. The van der Waals surface area contributed by atoms with Crippen molar-refractivity contribution in [3.05, 3.63) is 11.0 Å². The normalized spacial score (nSPS) is 30.6. The van der Waals surface area contributed by atoms with Crippen LogP contribution in [0.5, 0.6) is 0 Å². The maximum Gasteiger partial charge on any atom is 0.00373 e. The molecule has 0 unspecified atom stereocenters. The molecule has 1 aliphatic rings. The van der Waals surface area contributed by atoms with Gasteiger partial charge in [0.2, 0.25) is 0 Å². The van der Waals surface area contributed by atoms with Crippen LogP contribution < -0.4 is 0 Å². The summed E-state index contributed by atoms with van der Waals surface area (Å²) in [5.74, 6) is 2.14. The van der Waals surface area contributed by atoms with Crippen molar-refractivity contribution >= 4 is 11.8 Å². The van der Waals surface area contributed by atoms with Crippen molar-refractivity contribution in [1.82, 2.24) is 0 Å². The molecular weight excluding hydrogens is 104 g/mol. The highest BCUT2D eigenvalue weighted by atomic mass is 32.2. The van der Waals surface area contributed by atoms with Crippen LogP contribution in [0.1, 0.15) is 13.8 Å². The molecule has 7 heavy (non-hydrogen) atoms. The predicted octanol–water partition coefficient (Wildman–Crippen LogP) is 2.27. The van der Waals surface area contributed by atoms with Gasteiger partial charge in [0.25, 0.3) is 0 Å². The summed E-state index contributed by atoms with van der Waals surface area (Å²) in [6.07, 6.45) is 0. The Labute approximate surface area is 49.0 Å². The van der Waals surface area contributed by atoms with Gasteiger partial charge in [-0.1, -0.05) is 12.5 Å². The van der Waals surface area contributed by atoms with Gasteiger partial charge in [0, 0.05) is 5.75 Å². The Balaban J connectivity index is 2.54. The van der Waals surface area contributed by atoms with E-state index in [4.69, 9.17) is 0 Å². The minimum atomic E-state index is 0.838.